The Labute approximate surface area is 125 Å². The molecule has 0 aliphatic carbocycles. The molecular formula is C12H18F2N4O2S. The van der Waals surface area contributed by atoms with Gasteiger partial charge in [-0.05, 0) is 12.8 Å². The molecule has 0 bridgehead atoms. The highest BCUT2D eigenvalue weighted by molar-refractivity contribution is 7.09. The van der Waals surface area contributed by atoms with Crippen molar-refractivity contribution in [2.45, 2.75) is 25.9 Å². The second-order valence-corrected chi connectivity index (χ2v) is 5.58. The second kappa shape index (κ2) is 7.60. The Morgan fingerprint density at radius 2 is 2.43 bits per heavy atom. The number of anilines is 1. The molecule has 118 valence electrons. The van der Waals surface area contributed by atoms with Crippen molar-refractivity contribution in [2.24, 2.45) is 5.92 Å². The Kier molecular flexibility index (Phi) is 5.80. The molecule has 6 nitrogen and oxygen atoms in total. The minimum Gasteiger partial charge on any atom is -0.377 e. The third-order valence-corrected chi connectivity index (χ3v) is 4.04. The molecule has 0 saturated carbocycles. The molecule has 1 aromatic rings. The molecule has 1 saturated heterocycles. The van der Waals surface area contributed by atoms with E-state index in [0.717, 1.165) is 18.1 Å². The Hall–Kier alpha value is -1.35. The largest absolute Gasteiger partial charge is 0.377 e. The van der Waals surface area contributed by atoms with Crippen molar-refractivity contribution in [2.75, 3.05) is 31.6 Å². The summed E-state index contributed by atoms with van der Waals surface area (Å²) < 4.78 is 33.4. The zero-order valence-electron chi connectivity index (χ0n) is 11.7. The van der Waals surface area contributed by atoms with E-state index in [9.17, 15) is 13.6 Å². The summed E-state index contributed by atoms with van der Waals surface area (Å²) in [6, 6.07) is 0. The maximum Gasteiger partial charge on any atom is 0.255 e. The van der Waals surface area contributed by atoms with Gasteiger partial charge in [0.1, 0.15) is 6.61 Å². The van der Waals surface area contributed by atoms with E-state index in [2.05, 4.69) is 14.7 Å². The smallest absolute Gasteiger partial charge is 0.255 e. The number of aromatic nitrogens is 2. The summed E-state index contributed by atoms with van der Waals surface area (Å²) in [6.45, 7) is 1.03. The van der Waals surface area contributed by atoms with Crippen LogP contribution >= 0.6 is 11.5 Å². The van der Waals surface area contributed by atoms with Crippen molar-refractivity contribution >= 4 is 22.6 Å². The third-order valence-electron chi connectivity index (χ3n) is 3.22. The van der Waals surface area contributed by atoms with E-state index in [-0.39, 0.29) is 11.8 Å². The quantitative estimate of drug-likeness (QED) is 0.855. The summed E-state index contributed by atoms with van der Waals surface area (Å²) in [7, 11) is 1.57. The minimum absolute atomic E-state index is 0.285. The van der Waals surface area contributed by atoms with Crippen molar-refractivity contribution in [1.82, 2.24) is 14.7 Å². The van der Waals surface area contributed by atoms with Crippen LogP contribution in [0, 0.1) is 5.92 Å². The van der Waals surface area contributed by atoms with Crippen LogP contribution in [0.4, 0.5) is 13.9 Å². The van der Waals surface area contributed by atoms with Gasteiger partial charge in [-0.2, -0.15) is 4.37 Å². The van der Waals surface area contributed by atoms with E-state index in [0.29, 0.717) is 25.4 Å². The first-order chi connectivity index (χ1) is 10.1. The molecule has 1 aliphatic heterocycles. The van der Waals surface area contributed by atoms with E-state index < -0.39 is 13.0 Å². The number of nitrogens with one attached hydrogen (secondary N) is 1. The van der Waals surface area contributed by atoms with Crippen LogP contribution in [0.25, 0.3) is 0 Å². The zero-order valence-corrected chi connectivity index (χ0v) is 12.5. The van der Waals surface area contributed by atoms with Gasteiger partial charge in [-0.1, -0.05) is 0 Å². The summed E-state index contributed by atoms with van der Waals surface area (Å²) in [4.78, 5) is 18.2. The van der Waals surface area contributed by atoms with Crippen molar-refractivity contribution < 1.29 is 18.3 Å². The van der Waals surface area contributed by atoms with Crippen molar-refractivity contribution in [1.29, 1.82) is 0 Å². The van der Waals surface area contributed by atoms with Gasteiger partial charge in [0, 0.05) is 31.7 Å². The highest BCUT2D eigenvalue weighted by Gasteiger charge is 2.27. The van der Waals surface area contributed by atoms with Gasteiger partial charge >= 0.3 is 0 Å². The predicted octanol–water partition coefficient (Wildman–Crippen LogP) is 1.28. The van der Waals surface area contributed by atoms with Crippen molar-refractivity contribution in [3.8, 4) is 0 Å². The fraction of sp³-hybridized carbons (Fsp3) is 0.750. The number of rotatable bonds is 6. The number of piperidine rings is 1. The van der Waals surface area contributed by atoms with Gasteiger partial charge in [0.25, 0.3) is 6.43 Å². The van der Waals surface area contributed by atoms with E-state index in [1.54, 1.807) is 7.11 Å². The lowest BCUT2D eigenvalue weighted by atomic mass is 9.97. The first kappa shape index (κ1) is 16.0. The van der Waals surface area contributed by atoms with Crippen LogP contribution < -0.4 is 10.2 Å². The van der Waals surface area contributed by atoms with Gasteiger partial charge in [0.2, 0.25) is 11.0 Å². The first-order valence-corrected chi connectivity index (χ1v) is 7.49. The normalized spacial score (nSPS) is 19.0. The van der Waals surface area contributed by atoms with Crippen LogP contribution in [0.3, 0.4) is 0 Å². The summed E-state index contributed by atoms with van der Waals surface area (Å²) in [6.07, 6.45) is -0.991. The molecular weight excluding hydrogens is 302 g/mol. The van der Waals surface area contributed by atoms with Gasteiger partial charge in [0.15, 0.2) is 5.82 Å². The molecule has 0 aromatic carbocycles. The van der Waals surface area contributed by atoms with E-state index >= 15 is 0 Å². The van der Waals surface area contributed by atoms with Crippen LogP contribution in [0.1, 0.15) is 18.7 Å². The number of amides is 1. The molecule has 9 heteroatoms. The van der Waals surface area contributed by atoms with Crippen LogP contribution in [-0.4, -0.2) is 48.4 Å². The number of carbonyl (C=O) groups is 1. The second-order valence-electron chi connectivity index (χ2n) is 4.85. The molecule has 1 aromatic heterocycles. The molecule has 21 heavy (non-hydrogen) atoms. The monoisotopic (exact) mass is 320 g/mol. The number of alkyl halides is 2. The van der Waals surface area contributed by atoms with Gasteiger partial charge in [-0.25, -0.2) is 13.8 Å². The van der Waals surface area contributed by atoms with E-state index in [1.807, 2.05) is 4.90 Å². The topological polar surface area (TPSA) is 67.3 Å². The number of hydrogen-bond donors (Lipinski definition) is 1. The van der Waals surface area contributed by atoms with Crippen LogP contribution in [0.2, 0.25) is 0 Å². The fourth-order valence-corrected chi connectivity index (χ4v) is 2.96. The highest BCUT2D eigenvalue weighted by Crippen LogP contribution is 2.25. The first-order valence-electron chi connectivity index (χ1n) is 6.72. The molecule has 1 atom stereocenters. The van der Waals surface area contributed by atoms with Crippen LogP contribution in [0.5, 0.6) is 0 Å². The average molecular weight is 320 g/mol. The summed E-state index contributed by atoms with van der Waals surface area (Å²) >= 11 is 1.26. The number of methoxy groups -OCH3 is 1. The maximum atomic E-state index is 12.1. The van der Waals surface area contributed by atoms with Crippen LogP contribution in [0.15, 0.2) is 0 Å². The van der Waals surface area contributed by atoms with Gasteiger partial charge < -0.3 is 15.0 Å². The van der Waals surface area contributed by atoms with E-state index in [1.165, 1.54) is 11.5 Å². The number of nitrogens with zero attached hydrogens (tertiary/aromatic N) is 3. The molecule has 0 spiro atoms. The Balaban J connectivity index is 1.91. The van der Waals surface area contributed by atoms with Gasteiger partial charge in [-0.15, -0.1) is 0 Å². The average Bonchev–Trinajstić information content (AvgIpc) is 2.94. The van der Waals surface area contributed by atoms with Crippen molar-refractivity contribution in [3.63, 3.8) is 0 Å². The lowest BCUT2D eigenvalue weighted by Gasteiger charge is -2.31. The summed E-state index contributed by atoms with van der Waals surface area (Å²) in [5, 5.41) is 3.03. The maximum absolute atomic E-state index is 12.1. The van der Waals surface area contributed by atoms with E-state index in [4.69, 9.17) is 4.74 Å². The molecule has 1 aliphatic rings. The fourth-order valence-electron chi connectivity index (χ4n) is 2.25. The lowest BCUT2D eigenvalue weighted by molar-refractivity contribution is -0.125. The third kappa shape index (κ3) is 4.57. The number of hydrogen-bond acceptors (Lipinski definition) is 6. The highest BCUT2D eigenvalue weighted by atomic mass is 32.1. The number of ether oxygens (including phenoxy) is 1. The summed E-state index contributed by atoms with van der Waals surface area (Å²) in [5.74, 6) is 0.00989. The molecule has 2 rings (SSSR count). The van der Waals surface area contributed by atoms with Crippen molar-refractivity contribution in [3.05, 3.63) is 5.82 Å². The minimum atomic E-state index is -2.52. The Morgan fingerprint density at radius 3 is 3.14 bits per heavy atom. The molecule has 1 N–H and O–H groups in total. The molecule has 1 fully saturated rings. The molecule has 1 unspecified atom stereocenters. The predicted molar refractivity (Wildman–Crippen MR) is 74.6 cm³/mol. The standard InChI is InChI=1S/C12H18F2N4O2S/c1-20-7-10-16-12(21-17-10)18-4-2-3-8(6-18)11(19)15-5-9(13)14/h8-9H,2-7H2,1H3,(H,15,19). The number of halogens is 2. The SMILES string of the molecule is COCc1nsc(N2CCCC(C(=O)NCC(F)F)C2)n1. The molecule has 2 heterocycles. The van der Waals surface area contributed by atoms with Gasteiger partial charge in [-0.3, -0.25) is 4.79 Å². The lowest BCUT2D eigenvalue weighted by Crippen LogP contribution is -2.44. The van der Waals surface area contributed by atoms with Crippen LogP contribution in [-0.2, 0) is 16.1 Å². The molecule has 1 amide bonds. The summed E-state index contributed by atoms with van der Waals surface area (Å²) in [5.41, 5.74) is 0. The Morgan fingerprint density at radius 1 is 1.62 bits per heavy atom. The van der Waals surface area contributed by atoms with Gasteiger partial charge in [0.05, 0.1) is 12.5 Å². The zero-order chi connectivity index (χ0) is 15.2. The Bertz CT molecular complexity index is 472. The number of carbonyl (C=O) groups excluding carboxylic acids is 1. The molecule has 0 radical (unpaired) electrons.